The van der Waals surface area contributed by atoms with Gasteiger partial charge in [0.2, 0.25) is 0 Å². The van der Waals surface area contributed by atoms with Gasteiger partial charge in [-0.05, 0) is 25.7 Å². The zero-order valence-corrected chi connectivity index (χ0v) is 13.2. The Kier molecular flexibility index (Phi) is 5.60. The highest BCUT2D eigenvalue weighted by molar-refractivity contribution is 6.22. The van der Waals surface area contributed by atoms with Gasteiger partial charge in [-0.3, -0.25) is 9.59 Å². The van der Waals surface area contributed by atoms with Crippen LogP contribution >= 0.6 is 0 Å². The minimum absolute atomic E-state index is 0.0511. The number of carbonyl (C=O) groups excluding carboxylic acids is 2. The number of hydrogen-bond donors (Lipinski definition) is 1. The van der Waals surface area contributed by atoms with E-state index in [1.165, 1.54) is 12.3 Å². The maximum atomic E-state index is 13.8. The van der Waals surface area contributed by atoms with Crippen molar-refractivity contribution < 1.29 is 18.4 Å². The molecule has 23 heavy (non-hydrogen) atoms. The van der Waals surface area contributed by atoms with Crippen LogP contribution in [0.25, 0.3) is 0 Å². The quantitative estimate of drug-likeness (QED) is 0.512. The average molecular weight is 322 g/mol. The summed E-state index contributed by atoms with van der Waals surface area (Å²) in [6.07, 6.45) is 1.55. The second kappa shape index (κ2) is 7.46. The van der Waals surface area contributed by atoms with Crippen LogP contribution in [0.3, 0.4) is 0 Å². The number of rotatable bonds is 5. The van der Waals surface area contributed by atoms with Crippen LogP contribution in [0.1, 0.15) is 24.3 Å². The highest BCUT2D eigenvalue weighted by Gasteiger charge is 2.32. The summed E-state index contributed by atoms with van der Waals surface area (Å²) in [4.78, 5) is 26.3. The summed E-state index contributed by atoms with van der Waals surface area (Å²) in [7, 11) is 3.85. The predicted octanol–water partition coefficient (Wildman–Crippen LogP) is 2.02. The fourth-order valence-electron chi connectivity index (χ4n) is 2.57. The Morgan fingerprint density at radius 1 is 1.22 bits per heavy atom. The Bertz CT molecular complexity index is 621. The molecule has 0 aromatic heterocycles. The topological polar surface area (TPSA) is 49.4 Å². The van der Waals surface area contributed by atoms with Crippen molar-refractivity contribution in [1.29, 1.82) is 0 Å². The Morgan fingerprint density at radius 3 is 2.43 bits per heavy atom. The van der Waals surface area contributed by atoms with Gasteiger partial charge in [0.05, 0.1) is 5.57 Å². The lowest BCUT2D eigenvalue weighted by molar-refractivity contribution is -0.124. The lowest BCUT2D eigenvalue weighted by Gasteiger charge is -2.22. The summed E-state index contributed by atoms with van der Waals surface area (Å²) >= 11 is 0. The molecule has 0 bridgehead atoms. The molecule has 1 fully saturated rings. The average Bonchev–Trinajstić information content (AvgIpc) is 2.45. The number of Topliss-reactive ketones (excluding diaryl/α,β-unsaturated/α-hetero) is 2. The monoisotopic (exact) mass is 322 g/mol. The standard InChI is InChI=1S/C17H20F2N2O2/c1-21(2)6-5-20-10-14-16(22)7-11(8-17(14)23)13-4-3-12(18)9-15(13)19/h3-4,9-11,20H,5-8H2,1-2H3. The van der Waals surface area contributed by atoms with Crippen LogP contribution < -0.4 is 5.32 Å². The second-order valence-corrected chi connectivity index (χ2v) is 5.93. The van der Waals surface area contributed by atoms with E-state index in [1.807, 2.05) is 19.0 Å². The van der Waals surface area contributed by atoms with Crippen molar-refractivity contribution in [2.45, 2.75) is 18.8 Å². The van der Waals surface area contributed by atoms with Crippen molar-refractivity contribution in [3.05, 3.63) is 47.2 Å². The van der Waals surface area contributed by atoms with E-state index in [9.17, 15) is 18.4 Å². The van der Waals surface area contributed by atoms with E-state index < -0.39 is 17.6 Å². The molecule has 0 spiro atoms. The van der Waals surface area contributed by atoms with Gasteiger partial charge in [-0.2, -0.15) is 0 Å². The van der Waals surface area contributed by atoms with Crippen LogP contribution in [0, 0.1) is 11.6 Å². The maximum absolute atomic E-state index is 13.8. The largest absolute Gasteiger partial charge is 0.389 e. The lowest BCUT2D eigenvalue weighted by Crippen LogP contribution is -2.29. The highest BCUT2D eigenvalue weighted by Crippen LogP contribution is 2.32. The summed E-state index contributed by atoms with van der Waals surface area (Å²) < 4.78 is 26.8. The molecular weight excluding hydrogens is 302 g/mol. The van der Waals surface area contributed by atoms with Crippen molar-refractivity contribution in [3.8, 4) is 0 Å². The van der Waals surface area contributed by atoms with E-state index in [0.29, 0.717) is 6.54 Å². The second-order valence-electron chi connectivity index (χ2n) is 5.93. The van der Waals surface area contributed by atoms with Crippen LogP contribution in [0.4, 0.5) is 8.78 Å². The van der Waals surface area contributed by atoms with E-state index >= 15 is 0 Å². The molecule has 1 N–H and O–H groups in total. The third kappa shape index (κ3) is 4.45. The molecule has 0 heterocycles. The number of nitrogens with zero attached hydrogens (tertiary/aromatic N) is 1. The minimum atomic E-state index is -0.716. The van der Waals surface area contributed by atoms with Gasteiger partial charge < -0.3 is 10.2 Å². The molecule has 2 rings (SSSR count). The summed E-state index contributed by atoms with van der Waals surface area (Å²) in [5, 5.41) is 2.95. The molecule has 0 unspecified atom stereocenters. The van der Waals surface area contributed by atoms with Gasteiger partial charge in [0.1, 0.15) is 11.6 Å². The fraction of sp³-hybridized carbons (Fsp3) is 0.412. The van der Waals surface area contributed by atoms with E-state index in [1.54, 1.807) is 0 Å². The SMILES string of the molecule is CN(C)CCNC=C1C(=O)CC(c2ccc(F)cc2F)CC1=O. The third-order valence-electron chi connectivity index (χ3n) is 3.82. The summed E-state index contributed by atoms with van der Waals surface area (Å²) in [5.41, 5.74) is 0.343. The van der Waals surface area contributed by atoms with Gasteiger partial charge in [0, 0.05) is 44.1 Å². The first-order valence-corrected chi connectivity index (χ1v) is 7.48. The van der Waals surface area contributed by atoms with Crippen LogP contribution in [0.5, 0.6) is 0 Å². The summed E-state index contributed by atoms with van der Waals surface area (Å²) in [6, 6.07) is 3.22. The van der Waals surface area contributed by atoms with Gasteiger partial charge in [-0.25, -0.2) is 8.78 Å². The predicted molar refractivity (Wildman–Crippen MR) is 83.0 cm³/mol. The molecule has 0 radical (unpaired) electrons. The normalized spacial score (nSPS) is 18.5. The first kappa shape index (κ1) is 17.3. The van der Waals surface area contributed by atoms with E-state index in [2.05, 4.69) is 5.32 Å². The molecule has 4 nitrogen and oxygen atoms in total. The summed E-state index contributed by atoms with van der Waals surface area (Å²) in [6.45, 7) is 1.39. The Hall–Kier alpha value is -2.08. The van der Waals surface area contributed by atoms with Gasteiger partial charge in [-0.15, -0.1) is 0 Å². The van der Waals surface area contributed by atoms with Crippen molar-refractivity contribution in [3.63, 3.8) is 0 Å². The molecule has 0 amide bonds. The number of halogens is 2. The fourth-order valence-corrected chi connectivity index (χ4v) is 2.57. The first-order valence-electron chi connectivity index (χ1n) is 7.48. The lowest BCUT2D eigenvalue weighted by atomic mass is 9.80. The van der Waals surface area contributed by atoms with Crippen molar-refractivity contribution in [2.24, 2.45) is 0 Å². The first-order chi connectivity index (χ1) is 10.9. The molecule has 0 atom stereocenters. The zero-order valence-electron chi connectivity index (χ0n) is 13.2. The zero-order chi connectivity index (χ0) is 17.0. The molecule has 1 aromatic rings. The molecule has 1 aliphatic rings. The summed E-state index contributed by atoms with van der Waals surface area (Å²) in [5.74, 6) is -2.55. The van der Waals surface area contributed by atoms with Crippen molar-refractivity contribution >= 4 is 11.6 Å². The number of benzene rings is 1. The number of hydrogen-bond acceptors (Lipinski definition) is 4. The van der Waals surface area contributed by atoms with E-state index in [4.69, 9.17) is 0 Å². The highest BCUT2D eigenvalue weighted by atomic mass is 19.1. The molecule has 0 saturated heterocycles. The Labute approximate surface area is 134 Å². The Balaban J connectivity index is 2.06. The van der Waals surface area contributed by atoms with Gasteiger partial charge >= 0.3 is 0 Å². The Morgan fingerprint density at radius 2 is 1.87 bits per heavy atom. The minimum Gasteiger partial charge on any atom is -0.389 e. The molecular formula is C17H20F2N2O2. The van der Waals surface area contributed by atoms with Crippen LogP contribution in [0.2, 0.25) is 0 Å². The molecule has 124 valence electrons. The molecule has 0 aliphatic heterocycles. The number of ketones is 2. The van der Waals surface area contributed by atoms with E-state index in [-0.39, 0.29) is 35.5 Å². The van der Waals surface area contributed by atoms with Crippen molar-refractivity contribution in [2.75, 3.05) is 27.2 Å². The smallest absolute Gasteiger partial charge is 0.168 e. The van der Waals surface area contributed by atoms with Gasteiger partial charge in [-0.1, -0.05) is 6.07 Å². The van der Waals surface area contributed by atoms with Crippen molar-refractivity contribution in [1.82, 2.24) is 10.2 Å². The maximum Gasteiger partial charge on any atom is 0.168 e. The number of nitrogens with one attached hydrogen (secondary N) is 1. The third-order valence-corrected chi connectivity index (χ3v) is 3.82. The molecule has 1 aromatic carbocycles. The van der Waals surface area contributed by atoms with Crippen LogP contribution in [-0.4, -0.2) is 43.7 Å². The van der Waals surface area contributed by atoms with E-state index in [0.717, 1.165) is 18.7 Å². The number of allylic oxidation sites excluding steroid dienone is 1. The molecule has 1 aliphatic carbocycles. The molecule has 6 heteroatoms. The number of likely N-dealkylation sites (N-methyl/N-ethyl adjacent to an activating group) is 1. The van der Waals surface area contributed by atoms with Crippen LogP contribution in [-0.2, 0) is 9.59 Å². The van der Waals surface area contributed by atoms with Gasteiger partial charge in [0.25, 0.3) is 0 Å². The van der Waals surface area contributed by atoms with Gasteiger partial charge in [0.15, 0.2) is 11.6 Å². The molecule has 1 saturated carbocycles. The number of carbonyl (C=O) groups is 2. The van der Waals surface area contributed by atoms with Crippen LogP contribution in [0.15, 0.2) is 30.0 Å².